The molecule has 0 bridgehead atoms. The number of carbonyl (C=O) groups is 2. The number of piperazine rings is 1. The van der Waals surface area contributed by atoms with Crippen LogP contribution in [0.4, 0.5) is 24.1 Å². The molecule has 3 aromatic rings. The number of hydrogen-bond acceptors (Lipinski definition) is 9. The quantitative estimate of drug-likeness (QED) is 0.369. The van der Waals surface area contributed by atoms with Crippen LogP contribution in [-0.2, 0) is 17.5 Å². The second-order valence-corrected chi connectivity index (χ2v) is 12.2. The first-order valence-electron chi connectivity index (χ1n) is 14.2. The minimum Gasteiger partial charge on any atom is -0.480 e. The number of aliphatic carboxylic acids is 1. The molecule has 2 atom stereocenters. The number of carboxylic acid groups (broad SMARTS) is 1. The van der Waals surface area contributed by atoms with Gasteiger partial charge in [-0.2, -0.15) is 13.2 Å². The first-order chi connectivity index (χ1) is 20.4. The van der Waals surface area contributed by atoms with Crippen LogP contribution < -0.4 is 10.2 Å². The Morgan fingerprint density at radius 2 is 1.86 bits per heavy atom. The summed E-state index contributed by atoms with van der Waals surface area (Å²) in [6.45, 7) is 9.09. The highest BCUT2D eigenvalue weighted by Gasteiger charge is 2.32. The van der Waals surface area contributed by atoms with Crippen LogP contribution in [0.25, 0.3) is 11.3 Å². The molecule has 2 unspecified atom stereocenters. The number of thiazole rings is 1. The van der Waals surface area contributed by atoms with Crippen molar-refractivity contribution in [2.24, 2.45) is 0 Å². The molecule has 0 aliphatic carbocycles. The lowest BCUT2D eigenvalue weighted by molar-refractivity contribution is -0.142. The number of aryl methyl sites for hydroxylation is 1. The zero-order valence-electron chi connectivity index (χ0n) is 24.2. The van der Waals surface area contributed by atoms with E-state index in [1.807, 2.05) is 9.80 Å². The van der Waals surface area contributed by atoms with E-state index in [9.17, 15) is 27.9 Å². The molecule has 0 saturated carbocycles. The minimum absolute atomic E-state index is 0.0725. The summed E-state index contributed by atoms with van der Waals surface area (Å²) in [5, 5.41) is 12.3. The van der Waals surface area contributed by atoms with E-state index < -0.39 is 29.7 Å². The number of aromatic nitrogens is 3. The third-order valence-electron chi connectivity index (χ3n) is 8.05. The van der Waals surface area contributed by atoms with Crippen LogP contribution in [0.2, 0.25) is 0 Å². The van der Waals surface area contributed by atoms with Gasteiger partial charge < -0.3 is 10.0 Å². The fraction of sp³-hybridized carbons (Fsp3) is 0.483. The van der Waals surface area contributed by atoms with Crippen molar-refractivity contribution in [1.82, 2.24) is 24.8 Å². The van der Waals surface area contributed by atoms with Crippen molar-refractivity contribution in [3.8, 4) is 11.3 Å². The van der Waals surface area contributed by atoms with Gasteiger partial charge in [0.2, 0.25) is 0 Å². The lowest BCUT2D eigenvalue weighted by Gasteiger charge is -2.36. The molecule has 2 aromatic heterocycles. The Morgan fingerprint density at radius 1 is 1.12 bits per heavy atom. The molecule has 2 saturated heterocycles. The monoisotopic (exact) mass is 617 g/mol. The van der Waals surface area contributed by atoms with Crippen LogP contribution in [0.3, 0.4) is 0 Å². The summed E-state index contributed by atoms with van der Waals surface area (Å²) in [4.78, 5) is 44.5. The van der Waals surface area contributed by atoms with Crippen LogP contribution in [0.1, 0.15) is 53.2 Å². The van der Waals surface area contributed by atoms with Gasteiger partial charge in [-0.25, -0.2) is 15.0 Å². The van der Waals surface area contributed by atoms with E-state index in [1.165, 1.54) is 23.7 Å². The highest BCUT2D eigenvalue weighted by atomic mass is 32.1. The average molecular weight is 618 g/mol. The number of likely N-dealkylation sites (tertiary alicyclic amines) is 1. The molecular weight excluding hydrogens is 583 g/mol. The van der Waals surface area contributed by atoms with E-state index in [0.717, 1.165) is 36.4 Å². The number of carboxylic acids is 1. The molecule has 1 aromatic carbocycles. The Balaban J connectivity index is 1.33. The number of alkyl halides is 3. The van der Waals surface area contributed by atoms with Crippen molar-refractivity contribution in [1.29, 1.82) is 0 Å². The zero-order valence-corrected chi connectivity index (χ0v) is 25.0. The summed E-state index contributed by atoms with van der Waals surface area (Å²) in [7, 11) is 0. The molecule has 2 aliphatic heterocycles. The predicted octanol–water partition coefficient (Wildman–Crippen LogP) is 4.76. The summed E-state index contributed by atoms with van der Waals surface area (Å²) in [5.74, 6) is -0.808. The van der Waals surface area contributed by atoms with Crippen molar-refractivity contribution in [2.45, 2.75) is 58.4 Å². The Bertz CT molecular complexity index is 1470. The number of anilines is 2. The highest BCUT2D eigenvalue weighted by molar-refractivity contribution is 7.16. The molecule has 0 radical (unpaired) electrons. The number of carbonyl (C=O) groups excluding carboxylic acids is 1. The third-order valence-corrected chi connectivity index (χ3v) is 9.00. The number of amides is 1. The standard InChI is InChI=1S/C29H34F3N7O3S/c1-17-11-20(13-21(12-17)29(30,31)32)25-23(16-39-6-4-5-18(39)2)43-28(35-25)36-26(40)22-14-34-24(15-33-22)38-9-7-37(8-10-38)19(3)27(41)42/h11-15,18-19H,4-10,16H2,1-3H3,(H,41,42)(H,35,36,40). The van der Waals surface area contributed by atoms with Crippen LogP contribution in [-0.4, -0.2) is 86.5 Å². The largest absolute Gasteiger partial charge is 0.480 e. The first-order valence-corrected chi connectivity index (χ1v) is 15.0. The van der Waals surface area contributed by atoms with Crippen molar-refractivity contribution >= 4 is 34.2 Å². The summed E-state index contributed by atoms with van der Waals surface area (Å²) < 4.78 is 40.8. The molecule has 10 nitrogen and oxygen atoms in total. The van der Waals surface area contributed by atoms with Gasteiger partial charge in [0, 0.05) is 49.2 Å². The number of nitrogens with one attached hydrogen (secondary N) is 1. The fourth-order valence-corrected chi connectivity index (χ4v) is 6.50. The van der Waals surface area contributed by atoms with E-state index >= 15 is 0 Å². The Morgan fingerprint density at radius 3 is 2.47 bits per heavy atom. The van der Waals surface area contributed by atoms with E-state index in [2.05, 4.69) is 32.1 Å². The molecule has 0 spiro atoms. The number of hydrogen-bond donors (Lipinski definition) is 2. The van der Waals surface area contributed by atoms with Crippen molar-refractivity contribution in [2.75, 3.05) is 42.9 Å². The molecule has 2 fully saturated rings. The summed E-state index contributed by atoms with van der Waals surface area (Å²) in [6, 6.07) is 3.67. The topological polar surface area (TPSA) is 115 Å². The maximum Gasteiger partial charge on any atom is 0.416 e. The van der Waals surface area contributed by atoms with Gasteiger partial charge in [0.25, 0.3) is 5.91 Å². The van der Waals surface area contributed by atoms with Crippen molar-refractivity contribution < 1.29 is 27.9 Å². The summed E-state index contributed by atoms with van der Waals surface area (Å²) in [6.07, 6.45) is 0.477. The molecule has 4 heterocycles. The normalized spacial score (nSPS) is 19.0. The van der Waals surface area contributed by atoms with Gasteiger partial charge in [-0.3, -0.25) is 24.7 Å². The Hall–Kier alpha value is -3.62. The van der Waals surface area contributed by atoms with E-state index in [4.69, 9.17) is 0 Å². The molecule has 230 valence electrons. The zero-order chi connectivity index (χ0) is 30.9. The number of rotatable bonds is 8. The van der Waals surface area contributed by atoms with Crippen LogP contribution >= 0.6 is 11.3 Å². The van der Waals surface area contributed by atoms with E-state index in [0.29, 0.717) is 61.4 Å². The second kappa shape index (κ2) is 12.5. The van der Waals surface area contributed by atoms with Gasteiger partial charge in [-0.05, 0) is 63.9 Å². The average Bonchev–Trinajstić information content (AvgIpc) is 3.57. The summed E-state index contributed by atoms with van der Waals surface area (Å²) in [5.41, 5.74) is 0.578. The molecule has 1 amide bonds. The molecular formula is C29H34F3N7O3S. The third kappa shape index (κ3) is 7.13. The van der Waals surface area contributed by atoms with Crippen LogP contribution in [0.5, 0.6) is 0 Å². The molecule has 2 N–H and O–H groups in total. The van der Waals surface area contributed by atoms with Crippen molar-refractivity contribution in [3.63, 3.8) is 0 Å². The van der Waals surface area contributed by atoms with Gasteiger partial charge in [0.1, 0.15) is 17.6 Å². The highest BCUT2D eigenvalue weighted by Crippen LogP contribution is 2.38. The maximum absolute atomic E-state index is 13.6. The Kier molecular flexibility index (Phi) is 8.99. The minimum atomic E-state index is -4.49. The molecule has 43 heavy (non-hydrogen) atoms. The number of halogens is 3. The van der Waals surface area contributed by atoms with E-state index in [-0.39, 0.29) is 10.8 Å². The van der Waals surface area contributed by atoms with Crippen LogP contribution in [0.15, 0.2) is 30.6 Å². The van der Waals surface area contributed by atoms with Gasteiger partial charge >= 0.3 is 12.1 Å². The smallest absolute Gasteiger partial charge is 0.416 e. The first kappa shape index (κ1) is 30.8. The molecule has 14 heteroatoms. The maximum atomic E-state index is 13.6. The lowest BCUT2D eigenvalue weighted by Crippen LogP contribution is -2.52. The SMILES string of the molecule is Cc1cc(-c2nc(NC(=O)c3cnc(N4CCN(C(C)C(=O)O)CC4)cn3)sc2CN2CCCC2C)cc(C(F)(F)F)c1. The van der Waals surface area contributed by atoms with Crippen LogP contribution in [0, 0.1) is 6.92 Å². The Labute approximate surface area is 251 Å². The summed E-state index contributed by atoms with van der Waals surface area (Å²) >= 11 is 1.25. The second-order valence-electron chi connectivity index (χ2n) is 11.1. The lowest BCUT2D eigenvalue weighted by atomic mass is 10.0. The van der Waals surface area contributed by atoms with Gasteiger partial charge in [0.05, 0.1) is 23.7 Å². The predicted molar refractivity (Wildman–Crippen MR) is 157 cm³/mol. The van der Waals surface area contributed by atoms with Gasteiger partial charge in [0.15, 0.2) is 5.13 Å². The number of benzene rings is 1. The number of nitrogens with zero attached hydrogens (tertiary/aromatic N) is 6. The van der Waals surface area contributed by atoms with Crippen molar-refractivity contribution in [3.05, 3.63) is 52.3 Å². The fourth-order valence-electron chi connectivity index (χ4n) is 5.49. The van der Waals surface area contributed by atoms with E-state index in [1.54, 1.807) is 19.9 Å². The molecule has 2 aliphatic rings. The van der Waals surface area contributed by atoms with Gasteiger partial charge in [-0.15, -0.1) is 0 Å². The van der Waals surface area contributed by atoms with Gasteiger partial charge in [-0.1, -0.05) is 11.3 Å². The molecule has 5 rings (SSSR count).